The van der Waals surface area contributed by atoms with E-state index < -0.39 is 23.5 Å². The molecule has 0 unspecified atom stereocenters. The third-order valence-corrected chi connectivity index (χ3v) is 4.26. The fourth-order valence-corrected chi connectivity index (χ4v) is 2.91. The number of aromatic nitrogens is 2. The van der Waals surface area contributed by atoms with Crippen LogP contribution in [0.3, 0.4) is 0 Å². The van der Waals surface area contributed by atoms with E-state index >= 15 is 0 Å². The Kier molecular flexibility index (Phi) is 6.03. The fourth-order valence-electron chi connectivity index (χ4n) is 2.51. The molecule has 0 radical (unpaired) electrons. The summed E-state index contributed by atoms with van der Waals surface area (Å²) in [5.74, 6) is -2.28. The maximum atomic E-state index is 13.7. The molecule has 8 nitrogen and oxygen atoms in total. The molecule has 148 valence electrons. The average molecular weight is 460 g/mol. The van der Waals surface area contributed by atoms with Gasteiger partial charge in [0.1, 0.15) is 12.4 Å². The molecule has 0 aliphatic carbocycles. The van der Waals surface area contributed by atoms with E-state index in [2.05, 4.69) is 31.7 Å². The predicted octanol–water partition coefficient (Wildman–Crippen LogP) is 2.77. The van der Waals surface area contributed by atoms with Crippen LogP contribution in [0.15, 0.2) is 59.3 Å². The minimum atomic E-state index is -0.611. The van der Waals surface area contributed by atoms with Crippen molar-refractivity contribution < 1.29 is 18.8 Å². The third kappa shape index (κ3) is 5.26. The van der Waals surface area contributed by atoms with E-state index in [1.165, 1.54) is 23.1 Å². The number of rotatable bonds is 6. The quantitative estimate of drug-likeness (QED) is 0.524. The number of nitrogens with zero attached hydrogens (tertiary/aromatic N) is 2. The third-order valence-electron chi connectivity index (χ3n) is 3.77. The number of primary amides is 1. The second-order valence-electron chi connectivity index (χ2n) is 6.00. The van der Waals surface area contributed by atoms with Gasteiger partial charge in [0.05, 0.1) is 23.1 Å². The Labute approximate surface area is 173 Å². The van der Waals surface area contributed by atoms with Crippen LogP contribution >= 0.6 is 15.9 Å². The highest BCUT2D eigenvalue weighted by Crippen LogP contribution is 2.21. The van der Waals surface area contributed by atoms with Crippen LogP contribution in [0.1, 0.15) is 20.7 Å². The number of anilines is 2. The number of hydrogen-bond acceptors (Lipinski definition) is 4. The Hall–Kier alpha value is -3.53. The van der Waals surface area contributed by atoms with E-state index in [0.717, 1.165) is 12.1 Å². The summed E-state index contributed by atoms with van der Waals surface area (Å²) < 4.78 is 15.7. The maximum absolute atomic E-state index is 13.7. The van der Waals surface area contributed by atoms with Crippen molar-refractivity contribution >= 4 is 45.0 Å². The van der Waals surface area contributed by atoms with E-state index in [1.807, 2.05) is 0 Å². The van der Waals surface area contributed by atoms with Gasteiger partial charge in [0.2, 0.25) is 5.91 Å². The van der Waals surface area contributed by atoms with Crippen molar-refractivity contribution in [3.8, 4) is 0 Å². The monoisotopic (exact) mass is 459 g/mol. The summed E-state index contributed by atoms with van der Waals surface area (Å²) in [5.41, 5.74) is 5.81. The molecule has 0 saturated heterocycles. The molecule has 1 heterocycles. The number of hydrogen-bond donors (Lipinski definition) is 3. The van der Waals surface area contributed by atoms with Crippen molar-refractivity contribution in [3.05, 3.63) is 76.3 Å². The lowest BCUT2D eigenvalue weighted by atomic mass is 10.1. The molecule has 0 aliphatic heterocycles. The second kappa shape index (κ2) is 8.65. The molecule has 3 aromatic rings. The molecule has 0 bridgehead atoms. The number of amides is 3. The highest BCUT2D eigenvalue weighted by Gasteiger charge is 2.16. The van der Waals surface area contributed by atoms with E-state index in [1.54, 1.807) is 24.3 Å². The van der Waals surface area contributed by atoms with Gasteiger partial charge in [-0.05, 0) is 36.4 Å². The summed E-state index contributed by atoms with van der Waals surface area (Å²) in [6.45, 7) is -0.139. The van der Waals surface area contributed by atoms with Gasteiger partial charge in [0.25, 0.3) is 11.8 Å². The first-order valence-electron chi connectivity index (χ1n) is 8.30. The number of carbonyl (C=O) groups is 3. The molecule has 4 N–H and O–H groups in total. The van der Waals surface area contributed by atoms with Crippen molar-refractivity contribution in [2.75, 3.05) is 10.6 Å². The van der Waals surface area contributed by atoms with Gasteiger partial charge in [-0.1, -0.05) is 22.0 Å². The van der Waals surface area contributed by atoms with E-state index in [0.29, 0.717) is 15.7 Å². The number of nitrogens with two attached hydrogens (primary N) is 1. The van der Waals surface area contributed by atoms with Crippen molar-refractivity contribution in [3.63, 3.8) is 0 Å². The molecule has 0 fully saturated rings. The average Bonchev–Trinajstić information content (AvgIpc) is 3.07. The highest BCUT2D eigenvalue weighted by atomic mass is 79.9. The van der Waals surface area contributed by atoms with Crippen molar-refractivity contribution in [1.29, 1.82) is 0 Å². The van der Waals surface area contributed by atoms with Crippen LogP contribution in [0.2, 0.25) is 0 Å². The summed E-state index contributed by atoms with van der Waals surface area (Å²) in [7, 11) is 0. The Balaban J connectivity index is 1.80. The number of benzene rings is 2. The zero-order valence-corrected chi connectivity index (χ0v) is 16.4. The normalized spacial score (nSPS) is 10.4. The zero-order valence-electron chi connectivity index (χ0n) is 14.9. The SMILES string of the molecule is NC(=O)Cn1cc(NC(=O)c2ccc(F)cc2NC(=O)c2cccc(Br)c2)cn1. The predicted molar refractivity (Wildman–Crippen MR) is 108 cm³/mol. The standard InChI is InChI=1S/C19H15BrFN5O3/c20-12-3-1-2-11(6-12)18(28)25-16-7-13(21)4-5-15(16)19(29)24-14-8-23-26(9-14)10-17(22)27/h1-9H,10H2,(H2,22,27)(H,24,29)(H,25,28). The van der Waals surface area contributed by atoms with E-state index in [9.17, 15) is 18.8 Å². The number of halogens is 2. The summed E-state index contributed by atoms with van der Waals surface area (Å²) in [6, 6.07) is 10.1. The lowest BCUT2D eigenvalue weighted by molar-refractivity contribution is -0.118. The largest absolute Gasteiger partial charge is 0.368 e. The molecule has 10 heteroatoms. The molecule has 0 spiro atoms. The first kappa shape index (κ1) is 20.2. The minimum absolute atomic E-state index is 0.0111. The summed E-state index contributed by atoms with van der Waals surface area (Å²) in [5, 5.41) is 9.03. The first-order chi connectivity index (χ1) is 13.8. The second-order valence-corrected chi connectivity index (χ2v) is 6.92. The van der Waals surface area contributed by atoms with Crippen molar-refractivity contribution in [2.24, 2.45) is 5.73 Å². The number of carbonyl (C=O) groups excluding carboxylic acids is 3. The molecule has 29 heavy (non-hydrogen) atoms. The van der Waals surface area contributed by atoms with E-state index in [-0.39, 0.29) is 17.8 Å². The molecule has 1 aromatic heterocycles. The van der Waals surface area contributed by atoms with Gasteiger partial charge in [-0.3, -0.25) is 19.1 Å². The first-order valence-corrected chi connectivity index (χ1v) is 9.09. The van der Waals surface area contributed by atoms with Crippen LogP contribution in [-0.2, 0) is 11.3 Å². The summed E-state index contributed by atoms with van der Waals surface area (Å²) >= 11 is 3.28. The molecule has 3 rings (SSSR count). The van der Waals surface area contributed by atoms with Crippen LogP contribution in [-0.4, -0.2) is 27.5 Å². The molecular formula is C19H15BrFN5O3. The van der Waals surface area contributed by atoms with Gasteiger partial charge in [0.15, 0.2) is 0 Å². The van der Waals surface area contributed by atoms with Crippen LogP contribution < -0.4 is 16.4 Å². The molecule has 0 saturated carbocycles. The minimum Gasteiger partial charge on any atom is -0.368 e. The van der Waals surface area contributed by atoms with Gasteiger partial charge in [-0.25, -0.2) is 4.39 Å². The van der Waals surface area contributed by atoms with Crippen LogP contribution in [0.4, 0.5) is 15.8 Å². The molecule has 3 amide bonds. The zero-order chi connectivity index (χ0) is 21.0. The molecule has 0 atom stereocenters. The van der Waals surface area contributed by atoms with Crippen molar-refractivity contribution in [2.45, 2.75) is 6.54 Å². The van der Waals surface area contributed by atoms with Gasteiger partial charge < -0.3 is 16.4 Å². The number of nitrogens with one attached hydrogen (secondary N) is 2. The lowest BCUT2D eigenvalue weighted by Crippen LogP contribution is -2.19. The Morgan fingerprint density at radius 1 is 1.10 bits per heavy atom. The van der Waals surface area contributed by atoms with Crippen LogP contribution in [0, 0.1) is 5.82 Å². The molecular weight excluding hydrogens is 445 g/mol. The Bertz CT molecular complexity index is 1100. The Morgan fingerprint density at radius 3 is 2.62 bits per heavy atom. The van der Waals surface area contributed by atoms with Gasteiger partial charge in [0, 0.05) is 16.2 Å². The van der Waals surface area contributed by atoms with E-state index in [4.69, 9.17) is 5.73 Å². The lowest BCUT2D eigenvalue weighted by Gasteiger charge is -2.11. The molecule has 0 aliphatic rings. The van der Waals surface area contributed by atoms with Gasteiger partial charge in [-0.15, -0.1) is 0 Å². The van der Waals surface area contributed by atoms with Crippen LogP contribution in [0.5, 0.6) is 0 Å². The molecule has 2 aromatic carbocycles. The van der Waals surface area contributed by atoms with Crippen molar-refractivity contribution in [1.82, 2.24) is 9.78 Å². The smallest absolute Gasteiger partial charge is 0.257 e. The maximum Gasteiger partial charge on any atom is 0.257 e. The summed E-state index contributed by atoms with van der Waals surface area (Å²) in [4.78, 5) is 36.0. The van der Waals surface area contributed by atoms with Gasteiger partial charge >= 0.3 is 0 Å². The Morgan fingerprint density at radius 2 is 1.90 bits per heavy atom. The van der Waals surface area contributed by atoms with Gasteiger partial charge in [-0.2, -0.15) is 5.10 Å². The topological polar surface area (TPSA) is 119 Å². The summed E-state index contributed by atoms with van der Waals surface area (Å²) in [6.07, 6.45) is 2.76. The fraction of sp³-hybridized carbons (Fsp3) is 0.0526. The highest BCUT2D eigenvalue weighted by molar-refractivity contribution is 9.10. The van der Waals surface area contributed by atoms with Crippen LogP contribution in [0.25, 0.3) is 0 Å².